The molecule has 29 heavy (non-hydrogen) atoms. The molecule has 0 radical (unpaired) electrons. The summed E-state index contributed by atoms with van der Waals surface area (Å²) in [5.41, 5.74) is 4.25. The molecule has 0 N–H and O–H groups in total. The van der Waals surface area contributed by atoms with Gasteiger partial charge in [0, 0.05) is 36.6 Å². The molecule has 0 amide bonds. The van der Waals surface area contributed by atoms with E-state index in [9.17, 15) is 0 Å². The van der Waals surface area contributed by atoms with Gasteiger partial charge in [-0.15, -0.1) is 10.2 Å². The number of hydrogen-bond donors (Lipinski definition) is 0. The van der Waals surface area contributed by atoms with Crippen molar-refractivity contribution < 1.29 is 0 Å². The van der Waals surface area contributed by atoms with Crippen molar-refractivity contribution in [1.29, 1.82) is 0 Å². The van der Waals surface area contributed by atoms with Crippen molar-refractivity contribution in [3.63, 3.8) is 0 Å². The summed E-state index contributed by atoms with van der Waals surface area (Å²) in [5, 5.41) is 11.8. The lowest BCUT2D eigenvalue weighted by molar-refractivity contribution is 0.436. The highest BCUT2D eigenvalue weighted by Gasteiger charge is 2.20. The van der Waals surface area contributed by atoms with Crippen LogP contribution in [0.5, 0.6) is 0 Å². The second kappa shape index (κ2) is 7.63. The minimum Gasteiger partial charge on any atom is -0.355 e. The van der Waals surface area contributed by atoms with Crippen LogP contribution in [0.4, 0.5) is 5.82 Å². The Morgan fingerprint density at radius 2 is 1.59 bits per heavy atom. The molecule has 2 aromatic carbocycles. The number of anilines is 1. The lowest BCUT2D eigenvalue weighted by atomic mass is 9.96. The van der Waals surface area contributed by atoms with Crippen LogP contribution in [-0.4, -0.2) is 28.3 Å². The fourth-order valence-electron chi connectivity index (χ4n) is 4.16. The van der Waals surface area contributed by atoms with Crippen LogP contribution in [0.25, 0.3) is 33.2 Å². The van der Waals surface area contributed by atoms with E-state index >= 15 is 0 Å². The van der Waals surface area contributed by atoms with E-state index < -0.39 is 0 Å². The minimum absolute atomic E-state index is 0.786. The summed E-state index contributed by atoms with van der Waals surface area (Å²) in [6, 6.07) is 21.1. The lowest BCUT2D eigenvalue weighted by Gasteiger charge is -2.31. The van der Waals surface area contributed by atoms with Gasteiger partial charge in [-0.25, -0.2) is 0 Å². The highest BCUT2D eigenvalue weighted by Crippen LogP contribution is 2.36. The average Bonchev–Trinajstić information content (AvgIpc) is 2.79. The monoisotopic (exact) mass is 380 g/mol. The predicted molar refractivity (Wildman–Crippen MR) is 119 cm³/mol. The summed E-state index contributed by atoms with van der Waals surface area (Å²) in [6.45, 7) is 4.41. The Hall–Kier alpha value is -3.27. The van der Waals surface area contributed by atoms with Gasteiger partial charge in [-0.3, -0.25) is 4.98 Å². The van der Waals surface area contributed by atoms with Crippen LogP contribution in [0.2, 0.25) is 0 Å². The molecule has 0 spiro atoms. The Morgan fingerprint density at radius 1 is 0.828 bits per heavy atom. The second-order valence-corrected chi connectivity index (χ2v) is 7.90. The third kappa shape index (κ3) is 3.46. The fraction of sp³-hybridized carbons (Fsp3) is 0.240. The van der Waals surface area contributed by atoms with Gasteiger partial charge < -0.3 is 4.90 Å². The zero-order valence-corrected chi connectivity index (χ0v) is 16.6. The van der Waals surface area contributed by atoms with Crippen LogP contribution >= 0.6 is 0 Å². The van der Waals surface area contributed by atoms with Crippen molar-refractivity contribution in [3.8, 4) is 22.4 Å². The number of hydrogen-bond acceptors (Lipinski definition) is 4. The number of piperidine rings is 1. The van der Waals surface area contributed by atoms with Gasteiger partial charge in [-0.1, -0.05) is 49.4 Å². The molecule has 1 aliphatic heterocycles. The third-order valence-electron chi connectivity index (χ3n) is 5.92. The van der Waals surface area contributed by atoms with E-state index in [0.29, 0.717) is 0 Å². The summed E-state index contributed by atoms with van der Waals surface area (Å²) >= 11 is 0. The minimum atomic E-state index is 0.786. The van der Waals surface area contributed by atoms with E-state index in [1.807, 2.05) is 24.5 Å². The molecule has 0 bridgehead atoms. The van der Waals surface area contributed by atoms with E-state index in [0.717, 1.165) is 47.2 Å². The topological polar surface area (TPSA) is 41.9 Å². The Morgan fingerprint density at radius 3 is 2.41 bits per heavy atom. The summed E-state index contributed by atoms with van der Waals surface area (Å²) in [4.78, 5) is 6.56. The Balaban J connectivity index is 1.67. The first-order valence-corrected chi connectivity index (χ1v) is 10.3. The standard InChI is InChI=1S/C25H24N4/c1-18-11-15-29(16-12-18)24-17-23(20-9-13-26-14-10-20)25(28-27-24)22-8-4-6-19-5-2-3-7-21(19)22/h2-10,13-14,17-18H,11-12,15-16H2,1H3. The molecule has 0 saturated carbocycles. The van der Waals surface area contributed by atoms with Crippen molar-refractivity contribution in [3.05, 3.63) is 73.1 Å². The van der Waals surface area contributed by atoms with Gasteiger partial charge >= 0.3 is 0 Å². The molecule has 4 aromatic rings. The number of aromatic nitrogens is 3. The maximum atomic E-state index is 4.76. The fourth-order valence-corrected chi connectivity index (χ4v) is 4.16. The SMILES string of the molecule is CC1CCN(c2cc(-c3ccncc3)c(-c3cccc4ccccc34)nn2)CC1. The largest absolute Gasteiger partial charge is 0.355 e. The molecule has 1 fully saturated rings. The van der Waals surface area contributed by atoms with Gasteiger partial charge in [-0.05, 0) is 53.3 Å². The molecule has 2 aromatic heterocycles. The van der Waals surface area contributed by atoms with Crippen LogP contribution < -0.4 is 4.90 Å². The average molecular weight is 380 g/mol. The third-order valence-corrected chi connectivity index (χ3v) is 5.92. The van der Waals surface area contributed by atoms with Gasteiger partial charge in [-0.2, -0.15) is 0 Å². The van der Waals surface area contributed by atoms with Crippen molar-refractivity contribution in [2.24, 2.45) is 5.92 Å². The molecular weight excluding hydrogens is 356 g/mol. The van der Waals surface area contributed by atoms with E-state index in [4.69, 9.17) is 5.10 Å². The molecule has 0 atom stereocenters. The Kier molecular flexibility index (Phi) is 4.68. The first kappa shape index (κ1) is 17.8. The molecule has 0 aliphatic carbocycles. The van der Waals surface area contributed by atoms with Crippen molar-refractivity contribution in [1.82, 2.24) is 15.2 Å². The number of rotatable bonds is 3. The van der Waals surface area contributed by atoms with E-state index in [2.05, 4.69) is 70.4 Å². The normalized spacial score (nSPS) is 15.0. The van der Waals surface area contributed by atoms with Gasteiger partial charge in [0.1, 0.15) is 5.69 Å². The van der Waals surface area contributed by atoms with Crippen LogP contribution in [-0.2, 0) is 0 Å². The molecule has 0 unspecified atom stereocenters. The van der Waals surface area contributed by atoms with Crippen LogP contribution in [0, 0.1) is 5.92 Å². The molecule has 144 valence electrons. The molecular formula is C25H24N4. The zero-order chi connectivity index (χ0) is 19.6. The van der Waals surface area contributed by atoms with Gasteiger partial charge in [0.2, 0.25) is 0 Å². The van der Waals surface area contributed by atoms with Gasteiger partial charge in [0.05, 0.1) is 0 Å². The van der Waals surface area contributed by atoms with E-state index in [1.54, 1.807) is 0 Å². The summed E-state index contributed by atoms with van der Waals surface area (Å²) in [7, 11) is 0. The summed E-state index contributed by atoms with van der Waals surface area (Å²) in [5.74, 6) is 1.75. The van der Waals surface area contributed by atoms with Crippen LogP contribution in [0.3, 0.4) is 0 Å². The van der Waals surface area contributed by atoms with Gasteiger partial charge in [0.15, 0.2) is 5.82 Å². The van der Waals surface area contributed by atoms with Gasteiger partial charge in [0.25, 0.3) is 0 Å². The van der Waals surface area contributed by atoms with Crippen molar-refractivity contribution in [2.45, 2.75) is 19.8 Å². The predicted octanol–water partition coefficient (Wildman–Crippen LogP) is 5.60. The summed E-state index contributed by atoms with van der Waals surface area (Å²) < 4.78 is 0. The highest BCUT2D eigenvalue weighted by atomic mass is 15.3. The first-order chi connectivity index (χ1) is 14.3. The zero-order valence-electron chi connectivity index (χ0n) is 16.6. The van der Waals surface area contributed by atoms with Crippen molar-refractivity contribution in [2.75, 3.05) is 18.0 Å². The van der Waals surface area contributed by atoms with Crippen molar-refractivity contribution >= 4 is 16.6 Å². The van der Waals surface area contributed by atoms with Crippen LogP contribution in [0.15, 0.2) is 73.1 Å². The summed E-state index contributed by atoms with van der Waals surface area (Å²) in [6.07, 6.45) is 6.09. The van der Waals surface area contributed by atoms with E-state index in [-0.39, 0.29) is 0 Å². The Bertz CT molecular complexity index is 1130. The number of pyridine rings is 1. The first-order valence-electron chi connectivity index (χ1n) is 10.3. The Labute approximate surface area is 171 Å². The molecule has 5 rings (SSSR count). The molecule has 4 nitrogen and oxygen atoms in total. The smallest absolute Gasteiger partial charge is 0.151 e. The van der Waals surface area contributed by atoms with E-state index in [1.165, 1.54) is 23.6 Å². The molecule has 1 aliphatic rings. The number of benzene rings is 2. The number of nitrogens with zero attached hydrogens (tertiary/aromatic N) is 4. The second-order valence-electron chi connectivity index (χ2n) is 7.90. The molecule has 3 heterocycles. The quantitative estimate of drug-likeness (QED) is 0.464. The highest BCUT2D eigenvalue weighted by molar-refractivity contribution is 5.99. The molecule has 1 saturated heterocycles. The lowest BCUT2D eigenvalue weighted by Crippen LogP contribution is -2.33. The maximum Gasteiger partial charge on any atom is 0.151 e. The molecule has 4 heteroatoms. The number of fused-ring (bicyclic) bond motifs is 1. The maximum absolute atomic E-state index is 4.76. The van der Waals surface area contributed by atoms with Crippen LogP contribution in [0.1, 0.15) is 19.8 Å².